The third-order valence-corrected chi connectivity index (χ3v) is 3.89. The van der Waals surface area contributed by atoms with Crippen LogP contribution < -0.4 is 0 Å². The van der Waals surface area contributed by atoms with Crippen molar-refractivity contribution in [3.63, 3.8) is 0 Å². The fraction of sp³-hybridized carbons (Fsp3) is 0.294. The number of hydrogen-bond donors (Lipinski definition) is 2. The van der Waals surface area contributed by atoms with E-state index in [1.165, 1.54) is 0 Å². The van der Waals surface area contributed by atoms with E-state index in [0.717, 1.165) is 39.8 Å². The van der Waals surface area contributed by atoms with E-state index in [9.17, 15) is 0 Å². The van der Waals surface area contributed by atoms with Gasteiger partial charge in [0.25, 0.3) is 0 Å². The lowest BCUT2D eigenvalue weighted by atomic mass is 10.1. The second-order valence-electron chi connectivity index (χ2n) is 4.24. The zero-order valence-electron chi connectivity index (χ0n) is 11.1. The molecule has 0 amide bonds. The molecular weight excluding hydrogens is 268 g/mol. The quantitative estimate of drug-likeness (QED) is 0.672. The summed E-state index contributed by atoms with van der Waals surface area (Å²) in [6.45, 7) is 0.0747. The van der Waals surface area contributed by atoms with Crippen LogP contribution in [-0.2, 0) is 0 Å². The highest BCUT2D eigenvalue weighted by Gasteiger charge is 2.07. The molecule has 0 atom stereocenters. The van der Waals surface area contributed by atoms with E-state index in [-0.39, 0.29) is 13.2 Å². The van der Waals surface area contributed by atoms with Crippen LogP contribution in [0.4, 0.5) is 0 Å². The van der Waals surface area contributed by atoms with Gasteiger partial charge in [-0.2, -0.15) is 0 Å². The van der Waals surface area contributed by atoms with Crippen molar-refractivity contribution in [2.75, 3.05) is 13.2 Å². The first-order valence-electron chi connectivity index (χ1n) is 6.58. The third kappa shape index (κ3) is 3.62. The van der Waals surface area contributed by atoms with Gasteiger partial charge in [0, 0.05) is 23.1 Å². The Morgan fingerprint density at radius 2 is 1.85 bits per heavy atom. The highest BCUT2D eigenvalue weighted by Crippen LogP contribution is 2.30. The molecule has 2 N–H and O–H groups in total. The van der Waals surface area contributed by atoms with Gasteiger partial charge in [-0.1, -0.05) is 41.9 Å². The molecule has 0 saturated carbocycles. The molecule has 0 bridgehead atoms. The van der Waals surface area contributed by atoms with E-state index in [4.69, 9.17) is 10.2 Å². The van der Waals surface area contributed by atoms with Crippen molar-refractivity contribution in [2.24, 2.45) is 0 Å². The van der Waals surface area contributed by atoms with Crippen LogP contribution in [0.15, 0.2) is 24.3 Å². The van der Waals surface area contributed by atoms with Gasteiger partial charge in [0.15, 0.2) is 0 Å². The predicted molar refractivity (Wildman–Crippen MR) is 83.6 cm³/mol. The molecule has 1 aromatic heterocycles. The van der Waals surface area contributed by atoms with Gasteiger partial charge in [0.1, 0.15) is 6.61 Å². The Labute approximate surface area is 123 Å². The molecular formula is C17H16O2S. The number of rotatable bonds is 3. The van der Waals surface area contributed by atoms with Crippen molar-refractivity contribution < 1.29 is 10.2 Å². The second-order valence-corrected chi connectivity index (χ2v) is 5.30. The van der Waals surface area contributed by atoms with Crippen molar-refractivity contribution >= 4 is 21.4 Å². The van der Waals surface area contributed by atoms with Crippen molar-refractivity contribution in [1.82, 2.24) is 0 Å². The molecule has 2 rings (SSSR count). The Morgan fingerprint density at radius 3 is 2.65 bits per heavy atom. The number of hydrogen-bond acceptors (Lipinski definition) is 3. The summed E-state index contributed by atoms with van der Waals surface area (Å²) >= 11 is 1.63. The lowest BCUT2D eigenvalue weighted by molar-refractivity contribution is 0.285. The van der Waals surface area contributed by atoms with E-state index in [1.807, 2.05) is 18.2 Å². The first-order valence-corrected chi connectivity index (χ1v) is 7.39. The summed E-state index contributed by atoms with van der Waals surface area (Å²) < 4.78 is 1.16. The zero-order valence-corrected chi connectivity index (χ0v) is 12.0. The van der Waals surface area contributed by atoms with Crippen LogP contribution in [0.3, 0.4) is 0 Å². The maximum Gasteiger partial charge on any atom is 0.104 e. The first-order chi connectivity index (χ1) is 9.86. The number of benzene rings is 1. The summed E-state index contributed by atoms with van der Waals surface area (Å²) in [6.07, 6.45) is 2.48. The van der Waals surface area contributed by atoms with Crippen molar-refractivity contribution in [3.05, 3.63) is 34.7 Å². The molecule has 3 heteroatoms. The van der Waals surface area contributed by atoms with Gasteiger partial charge in [0.05, 0.1) is 10.4 Å². The van der Waals surface area contributed by atoms with Crippen LogP contribution in [0.1, 0.15) is 29.7 Å². The average molecular weight is 284 g/mol. The predicted octanol–water partition coefficient (Wildman–Crippen LogP) is 2.76. The van der Waals surface area contributed by atoms with Gasteiger partial charge in [-0.05, 0) is 18.9 Å². The molecule has 2 aromatic rings. The SMILES string of the molecule is OCC#Cc1c(C#CCCCCO)sc2ccccc12. The normalized spacial score (nSPS) is 9.70. The summed E-state index contributed by atoms with van der Waals surface area (Å²) in [4.78, 5) is 0.955. The topological polar surface area (TPSA) is 40.5 Å². The van der Waals surface area contributed by atoms with Crippen LogP contribution >= 0.6 is 11.3 Å². The molecule has 0 radical (unpaired) electrons. The fourth-order valence-electron chi connectivity index (χ4n) is 1.85. The Kier molecular flexibility index (Phi) is 5.65. The molecule has 20 heavy (non-hydrogen) atoms. The molecule has 1 aromatic carbocycles. The fourth-order valence-corrected chi connectivity index (χ4v) is 2.89. The van der Waals surface area contributed by atoms with E-state index in [1.54, 1.807) is 11.3 Å². The number of aliphatic hydroxyl groups is 2. The summed E-state index contributed by atoms with van der Waals surface area (Å²) in [7, 11) is 0. The summed E-state index contributed by atoms with van der Waals surface area (Å²) in [5.41, 5.74) is 0.911. The number of unbranched alkanes of at least 4 members (excludes halogenated alkanes) is 2. The minimum absolute atomic E-state index is 0.145. The smallest absolute Gasteiger partial charge is 0.104 e. The highest BCUT2D eigenvalue weighted by molar-refractivity contribution is 7.19. The molecule has 0 unspecified atom stereocenters. The Bertz CT molecular complexity index is 692. The second kappa shape index (κ2) is 7.72. The molecule has 0 aliphatic heterocycles. The first kappa shape index (κ1) is 14.6. The summed E-state index contributed by atoms with van der Waals surface area (Å²) in [5, 5.41) is 18.7. The summed E-state index contributed by atoms with van der Waals surface area (Å²) in [6, 6.07) is 8.07. The van der Waals surface area contributed by atoms with Gasteiger partial charge in [0.2, 0.25) is 0 Å². The highest BCUT2D eigenvalue weighted by atomic mass is 32.1. The van der Waals surface area contributed by atoms with Crippen LogP contribution in [0.2, 0.25) is 0 Å². The zero-order chi connectivity index (χ0) is 14.2. The monoisotopic (exact) mass is 284 g/mol. The lowest BCUT2D eigenvalue weighted by Crippen LogP contribution is -1.81. The van der Waals surface area contributed by atoms with Gasteiger partial charge in [-0.25, -0.2) is 0 Å². The van der Waals surface area contributed by atoms with Crippen LogP contribution in [-0.4, -0.2) is 23.4 Å². The lowest BCUT2D eigenvalue weighted by Gasteiger charge is -1.90. The Balaban J connectivity index is 2.31. The average Bonchev–Trinajstić information content (AvgIpc) is 2.82. The van der Waals surface area contributed by atoms with E-state index in [2.05, 4.69) is 29.7 Å². The Morgan fingerprint density at radius 1 is 1.00 bits per heavy atom. The van der Waals surface area contributed by atoms with Crippen molar-refractivity contribution in [3.8, 4) is 23.7 Å². The number of aliphatic hydroxyl groups excluding tert-OH is 2. The standard InChI is InChI=1S/C17H16O2S/c18-12-6-2-1-3-10-16-15(9-7-13-19)14-8-4-5-11-17(14)20-16/h4-5,8,11,18-19H,1-2,6,12-13H2. The number of thiophene rings is 1. The molecule has 0 fully saturated rings. The number of fused-ring (bicyclic) bond motifs is 1. The van der Waals surface area contributed by atoms with Gasteiger partial charge in [-0.3, -0.25) is 0 Å². The molecule has 102 valence electrons. The van der Waals surface area contributed by atoms with Crippen LogP contribution in [0.5, 0.6) is 0 Å². The van der Waals surface area contributed by atoms with Crippen molar-refractivity contribution in [1.29, 1.82) is 0 Å². The Hall–Kier alpha value is -1.78. The van der Waals surface area contributed by atoms with Crippen molar-refractivity contribution in [2.45, 2.75) is 19.3 Å². The van der Waals surface area contributed by atoms with E-state index in [0.29, 0.717) is 0 Å². The van der Waals surface area contributed by atoms with Crippen LogP contribution in [0, 0.1) is 23.7 Å². The van der Waals surface area contributed by atoms with Crippen LogP contribution in [0.25, 0.3) is 10.1 Å². The largest absolute Gasteiger partial charge is 0.396 e. The van der Waals surface area contributed by atoms with Gasteiger partial charge >= 0.3 is 0 Å². The third-order valence-electron chi connectivity index (χ3n) is 2.80. The molecule has 0 aliphatic carbocycles. The van der Waals surface area contributed by atoms with E-state index < -0.39 is 0 Å². The minimum atomic E-state index is -0.145. The van der Waals surface area contributed by atoms with E-state index >= 15 is 0 Å². The maximum atomic E-state index is 8.87. The maximum absolute atomic E-state index is 8.87. The van der Waals surface area contributed by atoms with Gasteiger partial charge < -0.3 is 10.2 Å². The molecule has 0 aliphatic rings. The minimum Gasteiger partial charge on any atom is -0.396 e. The molecule has 1 heterocycles. The molecule has 0 spiro atoms. The summed E-state index contributed by atoms with van der Waals surface area (Å²) in [5.74, 6) is 12.0. The molecule has 0 saturated heterocycles. The molecule has 2 nitrogen and oxygen atoms in total. The van der Waals surface area contributed by atoms with Gasteiger partial charge in [-0.15, -0.1) is 11.3 Å².